The summed E-state index contributed by atoms with van der Waals surface area (Å²) in [6.07, 6.45) is 0. The topological polar surface area (TPSA) is 99.6 Å². The molecule has 1 aliphatic rings. The lowest BCUT2D eigenvalue weighted by Crippen LogP contribution is -2.31. The van der Waals surface area contributed by atoms with Crippen LogP contribution < -0.4 is 10.2 Å². The number of aromatic nitrogens is 1. The minimum atomic E-state index is -0.838. The lowest BCUT2D eigenvalue weighted by molar-refractivity contribution is -0.117. The van der Waals surface area contributed by atoms with Crippen molar-refractivity contribution in [3.63, 3.8) is 0 Å². The van der Waals surface area contributed by atoms with E-state index in [1.165, 1.54) is 23.2 Å². The van der Waals surface area contributed by atoms with Crippen LogP contribution in [0.15, 0.2) is 96.3 Å². The molecule has 37 heavy (non-hydrogen) atoms. The summed E-state index contributed by atoms with van der Waals surface area (Å²) in [7, 11) is 0. The highest BCUT2D eigenvalue weighted by molar-refractivity contribution is 7.17. The van der Waals surface area contributed by atoms with Gasteiger partial charge in [0.05, 0.1) is 22.2 Å². The molecule has 2 heterocycles. The first-order valence-electron chi connectivity index (χ1n) is 11.6. The number of aliphatic hydroxyl groups is 1. The first-order valence-corrected chi connectivity index (χ1v) is 12.4. The van der Waals surface area contributed by atoms with E-state index < -0.39 is 23.5 Å². The van der Waals surface area contributed by atoms with Gasteiger partial charge in [-0.3, -0.25) is 19.3 Å². The van der Waals surface area contributed by atoms with Crippen molar-refractivity contribution in [2.75, 3.05) is 10.2 Å². The van der Waals surface area contributed by atoms with Crippen molar-refractivity contribution in [1.29, 1.82) is 0 Å². The monoisotopic (exact) mass is 509 g/mol. The molecule has 7 nitrogen and oxygen atoms in total. The Bertz CT molecular complexity index is 1530. The Kier molecular flexibility index (Phi) is 6.42. The fourth-order valence-electron chi connectivity index (χ4n) is 4.40. The fourth-order valence-corrected chi connectivity index (χ4v) is 5.42. The number of nitrogens with zero attached hydrogens (tertiary/aromatic N) is 2. The highest BCUT2D eigenvalue weighted by atomic mass is 32.1. The highest BCUT2D eigenvalue weighted by Gasteiger charge is 2.45. The van der Waals surface area contributed by atoms with E-state index in [2.05, 4.69) is 10.3 Å². The van der Waals surface area contributed by atoms with Crippen molar-refractivity contribution in [2.24, 2.45) is 0 Å². The molecule has 0 spiro atoms. The van der Waals surface area contributed by atoms with Crippen LogP contribution in [0.3, 0.4) is 0 Å². The quantitative estimate of drug-likeness (QED) is 0.317. The Morgan fingerprint density at radius 2 is 1.57 bits per heavy atom. The molecule has 0 fully saturated rings. The van der Waals surface area contributed by atoms with Gasteiger partial charge in [-0.05, 0) is 36.8 Å². The SMILES string of the molecule is CC(=O)Nc1ccc(N2C(=O)C(O)=C(C(=O)c3sc(-c4ccccc4)nc3C)C2c2ccccc2)cc1. The number of rotatable bonds is 6. The van der Waals surface area contributed by atoms with Crippen LogP contribution in [0.4, 0.5) is 11.4 Å². The molecule has 0 bridgehead atoms. The Balaban J connectivity index is 1.58. The summed E-state index contributed by atoms with van der Waals surface area (Å²) in [5.41, 5.74) is 3.16. The average molecular weight is 510 g/mol. The number of aryl methyl sites for hydroxylation is 1. The molecular formula is C29H23N3O4S. The molecule has 5 rings (SSSR count). The average Bonchev–Trinajstić information content (AvgIpc) is 3.42. The van der Waals surface area contributed by atoms with E-state index in [1.54, 1.807) is 31.2 Å². The van der Waals surface area contributed by atoms with Gasteiger partial charge in [0.2, 0.25) is 11.7 Å². The van der Waals surface area contributed by atoms with Gasteiger partial charge in [-0.2, -0.15) is 0 Å². The largest absolute Gasteiger partial charge is 0.503 e. The van der Waals surface area contributed by atoms with Gasteiger partial charge in [0.1, 0.15) is 5.01 Å². The predicted molar refractivity (Wildman–Crippen MR) is 144 cm³/mol. The number of anilines is 2. The number of hydrogen-bond acceptors (Lipinski definition) is 6. The van der Waals surface area contributed by atoms with Crippen LogP contribution in [0.5, 0.6) is 0 Å². The molecule has 1 aromatic heterocycles. The first kappa shape index (κ1) is 24.1. The maximum Gasteiger partial charge on any atom is 0.294 e. The van der Waals surface area contributed by atoms with Crippen LogP contribution in [0.25, 0.3) is 10.6 Å². The van der Waals surface area contributed by atoms with Crippen LogP contribution in [0, 0.1) is 6.92 Å². The third kappa shape index (κ3) is 4.54. The van der Waals surface area contributed by atoms with Gasteiger partial charge in [0.15, 0.2) is 5.76 Å². The summed E-state index contributed by atoms with van der Waals surface area (Å²) in [5.74, 6) is -1.91. The second-order valence-electron chi connectivity index (χ2n) is 8.61. The number of amides is 2. The minimum absolute atomic E-state index is 0.00787. The number of carbonyl (C=O) groups is 3. The van der Waals surface area contributed by atoms with E-state index in [9.17, 15) is 19.5 Å². The molecule has 2 N–H and O–H groups in total. The highest BCUT2D eigenvalue weighted by Crippen LogP contribution is 2.43. The van der Waals surface area contributed by atoms with Crippen LogP contribution >= 0.6 is 11.3 Å². The van der Waals surface area contributed by atoms with Crippen molar-refractivity contribution in [1.82, 2.24) is 4.98 Å². The van der Waals surface area contributed by atoms with Crippen LogP contribution in [-0.4, -0.2) is 27.7 Å². The molecule has 0 saturated carbocycles. The molecule has 0 aliphatic carbocycles. The van der Waals surface area contributed by atoms with E-state index in [4.69, 9.17) is 0 Å². The summed E-state index contributed by atoms with van der Waals surface area (Å²) >= 11 is 1.24. The van der Waals surface area contributed by atoms with Gasteiger partial charge in [-0.1, -0.05) is 60.7 Å². The molecule has 184 valence electrons. The van der Waals surface area contributed by atoms with Crippen molar-refractivity contribution < 1.29 is 19.5 Å². The maximum atomic E-state index is 13.9. The lowest BCUT2D eigenvalue weighted by Gasteiger charge is -2.27. The molecule has 2 amide bonds. The van der Waals surface area contributed by atoms with Gasteiger partial charge < -0.3 is 10.4 Å². The smallest absolute Gasteiger partial charge is 0.294 e. The summed E-state index contributed by atoms with van der Waals surface area (Å²) in [6, 6.07) is 24.5. The molecule has 3 aromatic carbocycles. The fraction of sp³-hybridized carbons (Fsp3) is 0.103. The number of hydrogen-bond donors (Lipinski definition) is 2. The number of Topliss-reactive ketones (excluding diaryl/α,β-unsaturated/α-hetero) is 1. The zero-order chi connectivity index (χ0) is 26.1. The third-order valence-electron chi connectivity index (χ3n) is 6.06. The van der Waals surface area contributed by atoms with Crippen molar-refractivity contribution >= 4 is 40.3 Å². The van der Waals surface area contributed by atoms with Gasteiger partial charge in [-0.25, -0.2) is 4.98 Å². The Morgan fingerprint density at radius 1 is 0.946 bits per heavy atom. The Morgan fingerprint density at radius 3 is 2.19 bits per heavy atom. The number of ketones is 1. The summed E-state index contributed by atoms with van der Waals surface area (Å²) < 4.78 is 0. The zero-order valence-corrected chi connectivity index (χ0v) is 21.0. The molecule has 8 heteroatoms. The standard InChI is InChI=1S/C29H23N3O4S/c1-17-27(37-28(30-17)20-11-7-4-8-12-20)25(34)23-24(19-9-5-3-6-10-19)32(29(36)26(23)35)22-15-13-21(14-16-22)31-18(2)33/h3-16,24,35H,1-2H3,(H,31,33). The van der Waals surface area contributed by atoms with Gasteiger partial charge in [0, 0.05) is 23.9 Å². The number of aliphatic hydroxyl groups excluding tert-OH is 1. The Hall–Kier alpha value is -4.56. The van der Waals surface area contributed by atoms with Gasteiger partial charge >= 0.3 is 0 Å². The molecular weight excluding hydrogens is 486 g/mol. The van der Waals surface area contributed by atoms with E-state index in [-0.39, 0.29) is 11.5 Å². The minimum Gasteiger partial charge on any atom is -0.503 e. The lowest BCUT2D eigenvalue weighted by atomic mass is 9.95. The maximum absolute atomic E-state index is 13.9. The van der Waals surface area contributed by atoms with Gasteiger partial charge in [-0.15, -0.1) is 11.3 Å². The van der Waals surface area contributed by atoms with Gasteiger partial charge in [0.25, 0.3) is 5.91 Å². The molecule has 1 atom stereocenters. The Labute approximate surface area is 217 Å². The van der Waals surface area contributed by atoms with Crippen molar-refractivity contribution in [3.05, 3.63) is 112 Å². The second kappa shape index (κ2) is 9.83. The van der Waals surface area contributed by atoms with E-state index in [1.807, 2.05) is 60.7 Å². The third-order valence-corrected chi connectivity index (χ3v) is 7.26. The number of benzene rings is 3. The van der Waals surface area contributed by atoms with E-state index in [0.29, 0.717) is 32.5 Å². The van der Waals surface area contributed by atoms with Crippen LogP contribution in [-0.2, 0) is 9.59 Å². The first-order chi connectivity index (χ1) is 17.8. The molecule has 4 aromatic rings. The molecule has 0 radical (unpaired) electrons. The van der Waals surface area contributed by atoms with Crippen LogP contribution in [0.1, 0.15) is 33.9 Å². The number of nitrogens with one attached hydrogen (secondary N) is 1. The summed E-state index contributed by atoms with van der Waals surface area (Å²) in [6.45, 7) is 3.16. The summed E-state index contributed by atoms with van der Waals surface area (Å²) in [4.78, 5) is 45.1. The zero-order valence-electron chi connectivity index (χ0n) is 20.1. The summed E-state index contributed by atoms with van der Waals surface area (Å²) in [5, 5.41) is 14.4. The van der Waals surface area contributed by atoms with Crippen LogP contribution in [0.2, 0.25) is 0 Å². The number of thiazole rings is 1. The van der Waals surface area contributed by atoms with Crippen molar-refractivity contribution in [3.8, 4) is 10.6 Å². The molecule has 1 aliphatic heterocycles. The van der Waals surface area contributed by atoms with E-state index >= 15 is 0 Å². The second-order valence-corrected chi connectivity index (χ2v) is 9.61. The molecule has 0 saturated heterocycles. The number of carbonyl (C=O) groups excluding carboxylic acids is 3. The predicted octanol–water partition coefficient (Wildman–Crippen LogP) is 5.86. The normalized spacial score (nSPS) is 15.2. The van der Waals surface area contributed by atoms with E-state index in [0.717, 1.165) is 5.56 Å². The molecule has 1 unspecified atom stereocenters. The van der Waals surface area contributed by atoms with Crippen molar-refractivity contribution in [2.45, 2.75) is 19.9 Å².